The molecule has 1 rings (SSSR count). The van der Waals surface area contributed by atoms with Gasteiger partial charge in [0.05, 0.1) is 22.0 Å². The fourth-order valence-electron chi connectivity index (χ4n) is 2.02. The summed E-state index contributed by atoms with van der Waals surface area (Å²) in [6.45, 7) is 7.09. The molecule has 0 aliphatic heterocycles. The van der Waals surface area contributed by atoms with Gasteiger partial charge in [-0.05, 0) is 36.2 Å². The first kappa shape index (κ1) is 14.7. The van der Waals surface area contributed by atoms with E-state index in [0.717, 1.165) is 35.2 Å². The number of halogens is 1. The van der Waals surface area contributed by atoms with Crippen molar-refractivity contribution in [1.29, 1.82) is 0 Å². The molecule has 0 aliphatic carbocycles. The molecule has 0 bridgehead atoms. The molecule has 0 spiro atoms. The molecular weight excluding hydrogens is 280 g/mol. The van der Waals surface area contributed by atoms with Gasteiger partial charge in [-0.15, -0.1) is 0 Å². The largest absolute Gasteiger partial charge is 0.393 e. The van der Waals surface area contributed by atoms with E-state index in [0.29, 0.717) is 6.42 Å². The Kier molecular flexibility index (Phi) is 6.20. The van der Waals surface area contributed by atoms with Crippen molar-refractivity contribution in [3.05, 3.63) is 15.9 Å². The van der Waals surface area contributed by atoms with Crippen LogP contribution >= 0.6 is 15.9 Å². The Morgan fingerprint density at radius 1 is 1.35 bits per heavy atom. The number of nitrogens with zero attached hydrogens (tertiary/aromatic N) is 2. The summed E-state index contributed by atoms with van der Waals surface area (Å²) < 4.78 is 3.02. The molecule has 1 aromatic rings. The van der Waals surface area contributed by atoms with Gasteiger partial charge in [0, 0.05) is 13.0 Å². The second-order valence-electron chi connectivity index (χ2n) is 4.52. The van der Waals surface area contributed by atoms with E-state index in [9.17, 15) is 5.11 Å². The first-order chi connectivity index (χ1) is 8.10. The van der Waals surface area contributed by atoms with Gasteiger partial charge >= 0.3 is 0 Å². The van der Waals surface area contributed by atoms with Crippen molar-refractivity contribution in [3.8, 4) is 0 Å². The van der Waals surface area contributed by atoms with E-state index < -0.39 is 0 Å². The highest BCUT2D eigenvalue weighted by atomic mass is 79.9. The number of rotatable bonds is 7. The Bertz CT molecular complexity index is 349. The maximum Gasteiger partial charge on any atom is 0.0738 e. The highest BCUT2D eigenvalue weighted by Crippen LogP contribution is 2.23. The van der Waals surface area contributed by atoms with Crippen LogP contribution in [0.2, 0.25) is 0 Å². The molecule has 0 radical (unpaired) electrons. The quantitative estimate of drug-likeness (QED) is 0.783. The zero-order chi connectivity index (χ0) is 12.8. The van der Waals surface area contributed by atoms with Crippen LogP contribution in [0.5, 0.6) is 0 Å². The third kappa shape index (κ3) is 4.11. The normalized spacial score (nSPS) is 13.0. The molecule has 17 heavy (non-hydrogen) atoms. The molecule has 1 heterocycles. The highest BCUT2D eigenvalue weighted by molar-refractivity contribution is 9.10. The monoisotopic (exact) mass is 302 g/mol. The first-order valence-corrected chi connectivity index (χ1v) is 7.29. The number of aromatic nitrogens is 2. The van der Waals surface area contributed by atoms with Crippen LogP contribution in [0, 0.1) is 6.92 Å². The number of hydrogen-bond acceptors (Lipinski definition) is 2. The summed E-state index contributed by atoms with van der Waals surface area (Å²) in [5, 5.41) is 14.5. The van der Waals surface area contributed by atoms with E-state index in [-0.39, 0.29) is 6.10 Å². The van der Waals surface area contributed by atoms with Crippen LogP contribution in [0.1, 0.15) is 50.9 Å². The second kappa shape index (κ2) is 7.17. The summed E-state index contributed by atoms with van der Waals surface area (Å²) in [4.78, 5) is 0. The van der Waals surface area contributed by atoms with Crippen molar-refractivity contribution < 1.29 is 5.11 Å². The predicted octanol–water partition coefficient (Wildman–Crippen LogP) is 3.46. The number of aryl methyl sites for hydroxylation is 2. The molecule has 4 heteroatoms. The minimum Gasteiger partial charge on any atom is -0.393 e. The average Bonchev–Trinajstić information content (AvgIpc) is 2.57. The molecule has 1 aromatic heterocycles. The molecule has 1 unspecified atom stereocenters. The Labute approximate surface area is 112 Å². The maximum absolute atomic E-state index is 10.0. The zero-order valence-corrected chi connectivity index (χ0v) is 12.6. The SMILES string of the molecule is CCCCCC(O)Cc1c(Br)c(C)nn1CC. The van der Waals surface area contributed by atoms with Crippen LogP contribution in [0.4, 0.5) is 0 Å². The van der Waals surface area contributed by atoms with E-state index in [1.165, 1.54) is 12.8 Å². The van der Waals surface area contributed by atoms with E-state index in [1.54, 1.807) is 0 Å². The van der Waals surface area contributed by atoms with Crippen LogP contribution in [0.15, 0.2) is 4.47 Å². The zero-order valence-electron chi connectivity index (χ0n) is 11.0. The van der Waals surface area contributed by atoms with E-state index in [2.05, 4.69) is 34.9 Å². The van der Waals surface area contributed by atoms with Crippen molar-refractivity contribution in [2.75, 3.05) is 0 Å². The average molecular weight is 303 g/mol. The second-order valence-corrected chi connectivity index (χ2v) is 5.31. The third-order valence-electron chi connectivity index (χ3n) is 3.02. The Morgan fingerprint density at radius 3 is 2.65 bits per heavy atom. The van der Waals surface area contributed by atoms with Gasteiger partial charge in [0.25, 0.3) is 0 Å². The van der Waals surface area contributed by atoms with Gasteiger partial charge in [-0.2, -0.15) is 5.10 Å². The summed E-state index contributed by atoms with van der Waals surface area (Å²) in [5.74, 6) is 0. The molecule has 0 saturated carbocycles. The minimum absolute atomic E-state index is 0.251. The van der Waals surface area contributed by atoms with Crippen LogP contribution in [0.25, 0.3) is 0 Å². The topological polar surface area (TPSA) is 38.1 Å². The smallest absolute Gasteiger partial charge is 0.0738 e. The Balaban J connectivity index is 2.60. The summed E-state index contributed by atoms with van der Waals surface area (Å²) in [6, 6.07) is 0. The van der Waals surface area contributed by atoms with Gasteiger partial charge in [0.1, 0.15) is 0 Å². The standard InChI is InChI=1S/C13H23BrN2O/c1-4-6-7-8-11(17)9-12-13(14)10(3)15-16(12)5-2/h11,17H,4-9H2,1-3H3. The Morgan fingerprint density at radius 2 is 2.06 bits per heavy atom. The van der Waals surface area contributed by atoms with E-state index >= 15 is 0 Å². The van der Waals surface area contributed by atoms with E-state index in [1.807, 2.05) is 11.6 Å². The predicted molar refractivity (Wildman–Crippen MR) is 74.2 cm³/mol. The number of aliphatic hydroxyl groups is 1. The summed E-state index contributed by atoms with van der Waals surface area (Å²) >= 11 is 3.56. The fourth-order valence-corrected chi connectivity index (χ4v) is 2.47. The molecule has 0 fully saturated rings. The van der Waals surface area contributed by atoms with Crippen LogP contribution in [-0.4, -0.2) is 21.0 Å². The van der Waals surface area contributed by atoms with Crippen molar-refractivity contribution in [3.63, 3.8) is 0 Å². The lowest BCUT2D eigenvalue weighted by Crippen LogP contribution is -2.14. The molecule has 1 atom stereocenters. The fraction of sp³-hybridized carbons (Fsp3) is 0.769. The molecular formula is C13H23BrN2O. The number of unbranched alkanes of at least 4 members (excludes halogenated alkanes) is 2. The van der Waals surface area contributed by atoms with Crippen molar-refractivity contribution in [2.45, 2.75) is 65.5 Å². The van der Waals surface area contributed by atoms with Gasteiger partial charge in [0.2, 0.25) is 0 Å². The molecule has 0 amide bonds. The molecule has 3 nitrogen and oxygen atoms in total. The van der Waals surface area contributed by atoms with Crippen LogP contribution in [-0.2, 0) is 13.0 Å². The van der Waals surface area contributed by atoms with Crippen LogP contribution < -0.4 is 0 Å². The Hall–Kier alpha value is -0.350. The molecule has 1 N–H and O–H groups in total. The lowest BCUT2D eigenvalue weighted by molar-refractivity contribution is 0.158. The highest BCUT2D eigenvalue weighted by Gasteiger charge is 2.15. The molecule has 0 saturated heterocycles. The van der Waals surface area contributed by atoms with Gasteiger partial charge < -0.3 is 5.11 Å². The number of aliphatic hydroxyl groups excluding tert-OH is 1. The van der Waals surface area contributed by atoms with Crippen LogP contribution in [0.3, 0.4) is 0 Å². The van der Waals surface area contributed by atoms with Crippen molar-refractivity contribution in [1.82, 2.24) is 9.78 Å². The summed E-state index contributed by atoms with van der Waals surface area (Å²) in [6.07, 6.45) is 4.83. The minimum atomic E-state index is -0.251. The third-order valence-corrected chi connectivity index (χ3v) is 4.05. The summed E-state index contributed by atoms with van der Waals surface area (Å²) in [5.41, 5.74) is 2.12. The summed E-state index contributed by atoms with van der Waals surface area (Å²) in [7, 11) is 0. The first-order valence-electron chi connectivity index (χ1n) is 6.49. The molecule has 98 valence electrons. The van der Waals surface area contributed by atoms with Crippen molar-refractivity contribution in [2.24, 2.45) is 0 Å². The van der Waals surface area contributed by atoms with Crippen molar-refractivity contribution >= 4 is 15.9 Å². The molecule has 0 aliphatic rings. The van der Waals surface area contributed by atoms with E-state index in [4.69, 9.17) is 0 Å². The number of hydrogen-bond donors (Lipinski definition) is 1. The maximum atomic E-state index is 10.0. The van der Waals surface area contributed by atoms with Gasteiger partial charge in [-0.3, -0.25) is 4.68 Å². The van der Waals surface area contributed by atoms with Gasteiger partial charge in [-0.1, -0.05) is 26.2 Å². The van der Waals surface area contributed by atoms with Gasteiger partial charge in [0.15, 0.2) is 0 Å². The molecule has 0 aromatic carbocycles. The van der Waals surface area contributed by atoms with Gasteiger partial charge in [-0.25, -0.2) is 0 Å². The lowest BCUT2D eigenvalue weighted by Gasteiger charge is -2.11. The lowest BCUT2D eigenvalue weighted by atomic mass is 10.1.